The van der Waals surface area contributed by atoms with Gasteiger partial charge in [0.05, 0.1) is 11.6 Å². The number of hydrogen-bond donors (Lipinski definition) is 0. The van der Waals surface area contributed by atoms with E-state index in [2.05, 4.69) is 11.5 Å². The van der Waals surface area contributed by atoms with E-state index in [9.17, 15) is 4.39 Å². The third-order valence-corrected chi connectivity index (χ3v) is 2.51. The fraction of sp³-hybridized carbons (Fsp3) is 0.357. The minimum atomic E-state index is -0.260. The summed E-state index contributed by atoms with van der Waals surface area (Å²) >= 11 is 0. The highest BCUT2D eigenvalue weighted by Crippen LogP contribution is 2.13. The number of hydrogen-bond acceptors (Lipinski definition) is 2. The van der Waals surface area contributed by atoms with Gasteiger partial charge < -0.3 is 0 Å². The zero-order valence-electron chi connectivity index (χ0n) is 10.3. The van der Waals surface area contributed by atoms with Crippen LogP contribution < -0.4 is 0 Å². The SMILES string of the molecule is C=C(C)CN(CC)Cc1cc(C#N)ccc1F. The molecule has 0 unspecified atom stereocenters. The normalized spacial score (nSPS) is 10.3. The van der Waals surface area contributed by atoms with Crippen molar-refractivity contribution in [3.05, 3.63) is 47.3 Å². The number of nitrogens with zero attached hydrogens (tertiary/aromatic N) is 2. The maximum absolute atomic E-state index is 13.6. The van der Waals surface area contributed by atoms with Crippen molar-refractivity contribution < 1.29 is 4.39 Å². The molecule has 0 aliphatic carbocycles. The average Bonchev–Trinajstić information content (AvgIpc) is 2.30. The summed E-state index contributed by atoms with van der Waals surface area (Å²) in [4.78, 5) is 2.09. The molecule has 0 bridgehead atoms. The smallest absolute Gasteiger partial charge is 0.127 e. The summed E-state index contributed by atoms with van der Waals surface area (Å²) < 4.78 is 13.6. The van der Waals surface area contributed by atoms with Crippen molar-refractivity contribution in [3.63, 3.8) is 0 Å². The van der Waals surface area contributed by atoms with Gasteiger partial charge in [-0.2, -0.15) is 5.26 Å². The van der Waals surface area contributed by atoms with Crippen LogP contribution in [0.5, 0.6) is 0 Å². The molecule has 0 amide bonds. The van der Waals surface area contributed by atoms with Crippen molar-refractivity contribution in [2.45, 2.75) is 20.4 Å². The van der Waals surface area contributed by atoms with Crippen LogP contribution in [0.1, 0.15) is 25.0 Å². The van der Waals surface area contributed by atoms with Gasteiger partial charge in [0.25, 0.3) is 0 Å². The van der Waals surface area contributed by atoms with Gasteiger partial charge in [-0.25, -0.2) is 4.39 Å². The number of rotatable bonds is 5. The van der Waals surface area contributed by atoms with Gasteiger partial charge in [0.2, 0.25) is 0 Å². The van der Waals surface area contributed by atoms with Gasteiger partial charge in [-0.15, -0.1) is 0 Å². The third kappa shape index (κ3) is 4.01. The van der Waals surface area contributed by atoms with E-state index >= 15 is 0 Å². The van der Waals surface area contributed by atoms with Crippen LogP contribution in [0.2, 0.25) is 0 Å². The largest absolute Gasteiger partial charge is 0.295 e. The minimum Gasteiger partial charge on any atom is -0.295 e. The first-order chi connectivity index (χ1) is 8.06. The number of nitriles is 1. The Bertz CT molecular complexity index is 446. The molecule has 0 heterocycles. The summed E-state index contributed by atoms with van der Waals surface area (Å²) in [5, 5.41) is 8.79. The average molecular weight is 232 g/mol. The van der Waals surface area contributed by atoms with E-state index in [0.29, 0.717) is 17.7 Å². The molecule has 17 heavy (non-hydrogen) atoms. The lowest BCUT2D eigenvalue weighted by Gasteiger charge is -2.20. The Kier molecular flexibility index (Phi) is 4.86. The predicted octanol–water partition coefficient (Wildman–Crippen LogP) is 3.10. The first kappa shape index (κ1) is 13.4. The molecular weight excluding hydrogens is 215 g/mol. The van der Waals surface area contributed by atoms with Crippen LogP contribution in [0, 0.1) is 17.1 Å². The molecule has 0 aliphatic heterocycles. The molecule has 0 saturated heterocycles. The van der Waals surface area contributed by atoms with Gasteiger partial charge in [0, 0.05) is 18.7 Å². The second-order valence-electron chi connectivity index (χ2n) is 4.18. The van der Waals surface area contributed by atoms with Gasteiger partial charge in [-0.05, 0) is 31.7 Å². The van der Waals surface area contributed by atoms with Gasteiger partial charge >= 0.3 is 0 Å². The quantitative estimate of drug-likeness (QED) is 0.729. The van der Waals surface area contributed by atoms with E-state index in [1.54, 1.807) is 6.07 Å². The van der Waals surface area contributed by atoms with Gasteiger partial charge in [-0.1, -0.05) is 19.1 Å². The molecular formula is C14H17FN2. The van der Waals surface area contributed by atoms with E-state index in [0.717, 1.165) is 18.7 Å². The molecule has 0 aromatic heterocycles. The van der Waals surface area contributed by atoms with Crippen LogP contribution in [0.4, 0.5) is 4.39 Å². The maximum Gasteiger partial charge on any atom is 0.127 e. The lowest BCUT2D eigenvalue weighted by molar-refractivity contribution is 0.299. The summed E-state index contributed by atoms with van der Waals surface area (Å²) in [6, 6.07) is 6.48. The van der Waals surface area contributed by atoms with E-state index in [1.165, 1.54) is 12.1 Å². The molecule has 90 valence electrons. The van der Waals surface area contributed by atoms with Crippen LogP contribution in [0.3, 0.4) is 0 Å². The van der Waals surface area contributed by atoms with Crippen molar-refractivity contribution in [2.24, 2.45) is 0 Å². The maximum atomic E-state index is 13.6. The fourth-order valence-corrected chi connectivity index (χ4v) is 1.67. The van der Waals surface area contributed by atoms with Crippen molar-refractivity contribution >= 4 is 0 Å². The number of benzene rings is 1. The molecule has 0 spiro atoms. The second kappa shape index (κ2) is 6.17. The van der Waals surface area contributed by atoms with Crippen molar-refractivity contribution in [3.8, 4) is 6.07 Å². The van der Waals surface area contributed by atoms with E-state index in [4.69, 9.17) is 5.26 Å². The lowest BCUT2D eigenvalue weighted by atomic mass is 10.1. The molecule has 0 radical (unpaired) electrons. The monoisotopic (exact) mass is 232 g/mol. The van der Waals surface area contributed by atoms with Gasteiger partial charge in [0.15, 0.2) is 0 Å². The Morgan fingerprint density at radius 2 is 2.24 bits per heavy atom. The van der Waals surface area contributed by atoms with Gasteiger partial charge in [0.1, 0.15) is 5.82 Å². The van der Waals surface area contributed by atoms with Crippen LogP contribution >= 0.6 is 0 Å². The second-order valence-corrected chi connectivity index (χ2v) is 4.18. The van der Waals surface area contributed by atoms with Crippen LogP contribution in [0.15, 0.2) is 30.4 Å². The topological polar surface area (TPSA) is 27.0 Å². The molecule has 3 heteroatoms. The standard InChI is InChI=1S/C14H17FN2/c1-4-17(9-11(2)3)10-13-7-12(8-16)5-6-14(13)15/h5-7H,2,4,9-10H2,1,3H3. The summed E-state index contributed by atoms with van der Waals surface area (Å²) in [5.74, 6) is -0.260. The highest BCUT2D eigenvalue weighted by molar-refractivity contribution is 5.33. The molecule has 1 aromatic rings. The Morgan fingerprint density at radius 3 is 2.76 bits per heavy atom. The van der Waals surface area contributed by atoms with Crippen LogP contribution in [0.25, 0.3) is 0 Å². The summed E-state index contributed by atoms with van der Waals surface area (Å²) in [6.07, 6.45) is 0. The first-order valence-electron chi connectivity index (χ1n) is 5.62. The van der Waals surface area contributed by atoms with Gasteiger partial charge in [-0.3, -0.25) is 4.90 Å². The highest BCUT2D eigenvalue weighted by Gasteiger charge is 2.09. The Hall–Kier alpha value is -1.66. The Balaban J connectivity index is 2.85. The summed E-state index contributed by atoms with van der Waals surface area (Å²) in [6.45, 7) is 9.89. The molecule has 2 nitrogen and oxygen atoms in total. The lowest BCUT2D eigenvalue weighted by Crippen LogP contribution is -2.25. The van der Waals surface area contributed by atoms with Crippen LogP contribution in [-0.4, -0.2) is 18.0 Å². The number of likely N-dealkylation sites (N-methyl/N-ethyl adjacent to an activating group) is 1. The molecule has 0 fully saturated rings. The van der Waals surface area contributed by atoms with E-state index < -0.39 is 0 Å². The molecule has 0 atom stereocenters. The Morgan fingerprint density at radius 1 is 1.53 bits per heavy atom. The minimum absolute atomic E-state index is 0.260. The summed E-state index contributed by atoms with van der Waals surface area (Å²) in [5.41, 5.74) is 2.10. The van der Waals surface area contributed by atoms with Crippen molar-refractivity contribution in [1.82, 2.24) is 4.90 Å². The zero-order chi connectivity index (χ0) is 12.8. The summed E-state index contributed by atoms with van der Waals surface area (Å²) in [7, 11) is 0. The molecule has 1 rings (SSSR count). The van der Waals surface area contributed by atoms with Crippen molar-refractivity contribution in [1.29, 1.82) is 5.26 Å². The van der Waals surface area contributed by atoms with E-state index in [-0.39, 0.29) is 5.82 Å². The molecule has 0 saturated carbocycles. The molecule has 0 aliphatic rings. The number of halogens is 1. The Labute approximate surface area is 102 Å². The van der Waals surface area contributed by atoms with Crippen molar-refractivity contribution in [2.75, 3.05) is 13.1 Å². The molecule has 1 aromatic carbocycles. The first-order valence-corrected chi connectivity index (χ1v) is 5.62. The highest BCUT2D eigenvalue weighted by atomic mass is 19.1. The molecule has 0 N–H and O–H groups in total. The van der Waals surface area contributed by atoms with E-state index in [1.807, 2.05) is 19.9 Å². The zero-order valence-corrected chi connectivity index (χ0v) is 10.3. The third-order valence-electron chi connectivity index (χ3n) is 2.51. The predicted molar refractivity (Wildman–Crippen MR) is 66.9 cm³/mol. The van der Waals surface area contributed by atoms with Crippen LogP contribution in [-0.2, 0) is 6.54 Å². The fourth-order valence-electron chi connectivity index (χ4n) is 1.67.